The zero-order valence-electron chi connectivity index (χ0n) is 28.5. The van der Waals surface area contributed by atoms with Gasteiger partial charge in [0.05, 0.1) is 33.9 Å². The molecule has 4 N–H and O–H groups in total. The Balaban J connectivity index is 3.55. The molecule has 43 heavy (non-hydrogen) atoms. The molecule has 2 unspecified atom stereocenters. The Morgan fingerprint density at radius 3 is 1.60 bits per heavy atom. The predicted molar refractivity (Wildman–Crippen MR) is 179 cm³/mol. The Hall–Kier alpha value is -0.310. The second kappa shape index (κ2) is 28.0. The number of hydrogen-bond donors (Lipinski definition) is 4. The Labute approximate surface area is 265 Å². The smallest absolute Gasteiger partial charge is 0.384 e. The van der Waals surface area contributed by atoms with Crippen LogP contribution in [0.2, 0.25) is 0 Å². The molecule has 8 nitrogen and oxygen atoms in total. The third-order valence-corrected chi connectivity index (χ3v) is 10.6. The fourth-order valence-corrected chi connectivity index (χ4v) is 6.62. The monoisotopic (exact) mass is 636 g/mol. The van der Waals surface area contributed by atoms with Gasteiger partial charge in [-0.2, -0.15) is 0 Å². The number of aliphatic hydroxyl groups excluding tert-OH is 2. The van der Waals surface area contributed by atoms with Gasteiger partial charge >= 0.3 is 7.60 Å². The van der Waals surface area contributed by atoms with Crippen molar-refractivity contribution in [2.75, 3.05) is 40.5 Å². The molecule has 9 heteroatoms. The number of aliphatic hydroxyl groups is 3. The third-order valence-electron chi connectivity index (χ3n) is 8.51. The summed E-state index contributed by atoms with van der Waals surface area (Å²) >= 11 is 0. The van der Waals surface area contributed by atoms with Crippen molar-refractivity contribution in [3.8, 4) is 0 Å². The van der Waals surface area contributed by atoms with E-state index in [0.717, 1.165) is 12.8 Å². The molecule has 0 bridgehead atoms. The van der Waals surface area contributed by atoms with Crippen LogP contribution in [0.15, 0.2) is 12.2 Å². The predicted octanol–water partition coefficient (Wildman–Crippen LogP) is 8.07. The zero-order chi connectivity index (χ0) is 32.2. The van der Waals surface area contributed by atoms with Crippen molar-refractivity contribution in [3.63, 3.8) is 0 Å². The van der Waals surface area contributed by atoms with Crippen molar-refractivity contribution in [2.24, 2.45) is 0 Å². The molecule has 0 aliphatic rings. The van der Waals surface area contributed by atoms with Crippen LogP contribution in [0, 0.1) is 0 Å². The Morgan fingerprint density at radius 1 is 0.698 bits per heavy atom. The molecule has 0 aliphatic heterocycles. The first-order valence-electron chi connectivity index (χ1n) is 17.6. The van der Waals surface area contributed by atoms with Crippen molar-refractivity contribution in [3.05, 3.63) is 12.2 Å². The first-order valence-corrected chi connectivity index (χ1v) is 19.2. The lowest BCUT2D eigenvalue weighted by Crippen LogP contribution is -2.48. The van der Waals surface area contributed by atoms with E-state index in [9.17, 15) is 14.6 Å². The fourth-order valence-electron chi connectivity index (χ4n) is 5.11. The number of unbranched alkanes of at least 4 members (excludes halogenated alkanes) is 18. The minimum absolute atomic E-state index is 0.0656. The second-order valence-electron chi connectivity index (χ2n) is 13.1. The van der Waals surface area contributed by atoms with Crippen molar-refractivity contribution in [2.45, 2.75) is 167 Å². The standard InChI is InChI=1S/C34H70NO7P/c1-5-6-7-8-9-10-11-12-13-14-15-16-17-18-19-20-21-22-23-24-25-26-29-41-30-33(36)31-42-43(39,40)32(2)35(3,4)28-27-34(37)38/h17-18,32-34,36-38H,5-16,19-31H2,1-4H3/p+1/b18-17-/t32?,33-/m1/s1. The van der Waals surface area contributed by atoms with Crippen LogP contribution in [0.1, 0.15) is 149 Å². The molecule has 0 amide bonds. The molecule has 0 saturated carbocycles. The molecule has 0 fully saturated rings. The number of rotatable bonds is 32. The van der Waals surface area contributed by atoms with Crippen LogP contribution in [0.25, 0.3) is 0 Å². The molecule has 0 aromatic heterocycles. The van der Waals surface area contributed by atoms with Crippen molar-refractivity contribution >= 4 is 7.60 Å². The van der Waals surface area contributed by atoms with Gasteiger partial charge in [0.25, 0.3) is 0 Å². The van der Waals surface area contributed by atoms with E-state index in [4.69, 9.17) is 19.5 Å². The number of ether oxygens (including phenoxy) is 1. The van der Waals surface area contributed by atoms with E-state index in [1.165, 1.54) is 116 Å². The summed E-state index contributed by atoms with van der Waals surface area (Å²) in [7, 11) is -0.545. The Kier molecular flexibility index (Phi) is 27.8. The van der Waals surface area contributed by atoms with Gasteiger partial charge in [-0.25, -0.2) is 0 Å². The van der Waals surface area contributed by atoms with Crippen molar-refractivity contribution < 1.29 is 38.5 Å². The second-order valence-corrected chi connectivity index (χ2v) is 15.2. The van der Waals surface area contributed by atoms with Crippen LogP contribution in [0.3, 0.4) is 0 Å². The summed E-state index contributed by atoms with van der Waals surface area (Å²) in [5.41, 5.74) is 0. The van der Waals surface area contributed by atoms with E-state index < -0.39 is 25.8 Å². The van der Waals surface area contributed by atoms with Crippen LogP contribution in [-0.4, -0.2) is 83.3 Å². The highest BCUT2D eigenvalue weighted by atomic mass is 31.2. The SMILES string of the molecule is CCCCCCCCCCCCC/C=C\CCCCCCCCCOC[C@@H](O)COP(=O)(O)C(C)[N+](C)(C)CCC(O)O. The summed E-state index contributed by atoms with van der Waals surface area (Å²) in [6.45, 7) is 4.51. The highest BCUT2D eigenvalue weighted by molar-refractivity contribution is 7.53. The van der Waals surface area contributed by atoms with Gasteiger partial charge in [0.1, 0.15) is 6.10 Å². The van der Waals surface area contributed by atoms with Gasteiger partial charge in [0, 0.05) is 13.0 Å². The molecule has 0 aromatic rings. The highest BCUT2D eigenvalue weighted by Gasteiger charge is 2.41. The summed E-state index contributed by atoms with van der Waals surface area (Å²) in [6, 6.07) is 0. The van der Waals surface area contributed by atoms with Crippen LogP contribution < -0.4 is 0 Å². The minimum Gasteiger partial charge on any atom is -0.388 e. The maximum atomic E-state index is 12.6. The summed E-state index contributed by atoms with van der Waals surface area (Å²) in [5.74, 6) is -0.778. The first kappa shape index (κ1) is 42.7. The van der Waals surface area contributed by atoms with E-state index >= 15 is 0 Å². The lowest BCUT2D eigenvalue weighted by atomic mass is 10.0. The third kappa shape index (κ3) is 26.6. The average Bonchev–Trinajstić information content (AvgIpc) is 2.97. The van der Waals surface area contributed by atoms with Crippen LogP contribution in [0.5, 0.6) is 0 Å². The van der Waals surface area contributed by atoms with Gasteiger partial charge in [-0.05, 0) is 39.0 Å². The molecular weight excluding hydrogens is 565 g/mol. The molecule has 0 aromatic carbocycles. The van der Waals surface area contributed by atoms with E-state index in [1.807, 2.05) is 0 Å². The maximum Gasteiger partial charge on any atom is 0.384 e. The molecule has 0 radical (unpaired) electrons. The molecule has 0 heterocycles. The quantitative estimate of drug-likeness (QED) is 0.0194. The lowest BCUT2D eigenvalue weighted by Gasteiger charge is -2.37. The minimum atomic E-state index is -4.01. The average molecular weight is 637 g/mol. The van der Waals surface area contributed by atoms with Crippen LogP contribution in [-0.2, 0) is 13.8 Å². The molecule has 0 spiro atoms. The summed E-state index contributed by atoms with van der Waals surface area (Å²) in [4.78, 5) is 10.3. The summed E-state index contributed by atoms with van der Waals surface area (Å²) in [6.07, 6.45) is 28.6. The number of quaternary nitrogens is 1. The highest BCUT2D eigenvalue weighted by Crippen LogP contribution is 2.50. The normalized spacial score (nSPS) is 15.4. The Morgan fingerprint density at radius 2 is 1.14 bits per heavy atom. The van der Waals surface area contributed by atoms with Crippen molar-refractivity contribution in [1.29, 1.82) is 0 Å². The number of nitrogens with zero attached hydrogens (tertiary/aromatic N) is 1. The van der Waals surface area contributed by atoms with Crippen LogP contribution >= 0.6 is 7.60 Å². The van der Waals surface area contributed by atoms with Gasteiger partial charge in [-0.3, -0.25) is 4.57 Å². The Bertz CT molecular complexity index is 690. The topological polar surface area (TPSA) is 116 Å². The summed E-state index contributed by atoms with van der Waals surface area (Å²) in [5, 5.41) is 28.3. The first-order chi connectivity index (χ1) is 20.5. The van der Waals surface area contributed by atoms with Gasteiger partial charge in [-0.15, -0.1) is 0 Å². The number of allylic oxidation sites excluding steroid dienone is 2. The molecular formula is C34H71NO7P+. The molecule has 0 aliphatic carbocycles. The fraction of sp³-hybridized carbons (Fsp3) is 0.941. The van der Waals surface area contributed by atoms with Crippen molar-refractivity contribution in [1.82, 2.24) is 0 Å². The maximum absolute atomic E-state index is 12.6. The van der Waals surface area contributed by atoms with E-state index in [1.54, 1.807) is 21.0 Å². The van der Waals surface area contributed by atoms with E-state index in [0.29, 0.717) is 13.2 Å². The molecule has 0 saturated heterocycles. The number of hydrogen-bond acceptors (Lipinski definition) is 6. The van der Waals surface area contributed by atoms with E-state index in [-0.39, 0.29) is 24.1 Å². The largest absolute Gasteiger partial charge is 0.388 e. The molecule has 0 rings (SSSR count). The van der Waals surface area contributed by atoms with Gasteiger partial charge in [-0.1, -0.05) is 115 Å². The zero-order valence-corrected chi connectivity index (χ0v) is 29.4. The molecule has 3 atom stereocenters. The lowest BCUT2D eigenvalue weighted by molar-refractivity contribution is -0.901. The van der Waals surface area contributed by atoms with Gasteiger partial charge in [0.2, 0.25) is 0 Å². The van der Waals surface area contributed by atoms with E-state index in [2.05, 4.69) is 19.1 Å². The van der Waals surface area contributed by atoms with Crippen LogP contribution in [0.4, 0.5) is 0 Å². The molecule has 258 valence electrons. The van der Waals surface area contributed by atoms with Gasteiger partial charge < -0.3 is 34.0 Å². The van der Waals surface area contributed by atoms with Gasteiger partial charge in [0.15, 0.2) is 12.1 Å². The summed E-state index contributed by atoms with van der Waals surface area (Å²) < 4.78 is 23.4.